The number of nitrogens with zero attached hydrogens (tertiary/aromatic N) is 2. The normalized spacial score (nSPS) is 12.6. The van der Waals surface area contributed by atoms with Gasteiger partial charge in [-0.1, -0.05) is 20.8 Å². The van der Waals surface area contributed by atoms with Crippen LogP contribution < -0.4 is 16.6 Å². The van der Waals surface area contributed by atoms with Crippen molar-refractivity contribution >= 4 is 11.6 Å². The highest BCUT2D eigenvalue weighted by Crippen LogP contribution is 2.14. The zero-order chi connectivity index (χ0) is 12.8. The van der Waals surface area contributed by atoms with Gasteiger partial charge in [0.25, 0.3) is 0 Å². The topological polar surface area (TPSA) is 96.1 Å². The highest BCUT2D eigenvalue weighted by molar-refractivity contribution is 5.47. The van der Waals surface area contributed by atoms with Crippen LogP contribution in [0.5, 0.6) is 0 Å². The number of aliphatic hydroxyl groups is 1. The Morgan fingerprint density at radius 1 is 1.35 bits per heavy atom. The van der Waals surface area contributed by atoms with Gasteiger partial charge in [0.2, 0.25) is 0 Å². The van der Waals surface area contributed by atoms with Gasteiger partial charge < -0.3 is 15.8 Å². The van der Waals surface area contributed by atoms with E-state index >= 15 is 0 Å². The van der Waals surface area contributed by atoms with Gasteiger partial charge in [-0.15, -0.1) is 0 Å². The second kappa shape index (κ2) is 6.36. The Kier molecular flexibility index (Phi) is 5.11. The average Bonchev–Trinajstić information content (AvgIpc) is 2.34. The van der Waals surface area contributed by atoms with Gasteiger partial charge in [-0.05, 0) is 5.92 Å². The summed E-state index contributed by atoms with van der Waals surface area (Å²) < 4.78 is 0. The second-order valence-electron chi connectivity index (χ2n) is 4.23. The molecule has 1 atom stereocenters. The van der Waals surface area contributed by atoms with Gasteiger partial charge in [0.1, 0.15) is 17.5 Å². The molecule has 0 saturated heterocycles. The van der Waals surface area contributed by atoms with Crippen molar-refractivity contribution in [2.24, 2.45) is 11.8 Å². The van der Waals surface area contributed by atoms with Crippen LogP contribution in [-0.4, -0.2) is 27.7 Å². The molecule has 0 aliphatic heterocycles. The molecule has 1 rings (SSSR count). The maximum absolute atomic E-state index is 9.26. The Morgan fingerprint density at radius 2 is 2.00 bits per heavy atom. The summed E-state index contributed by atoms with van der Waals surface area (Å²) in [5.41, 5.74) is 2.51. The van der Waals surface area contributed by atoms with Crippen molar-refractivity contribution in [2.75, 3.05) is 17.3 Å². The van der Waals surface area contributed by atoms with Gasteiger partial charge in [0, 0.05) is 12.5 Å². The Bertz CT molecular complexity index is 333. The minimum Gasteiger partial charge on any atom is -0.394 e. The molecule has 0 aromatic carbocycles. The first-order chi connectivity index (χ1) is 8.10. The van der Waals surface area contributed by atoms with E-state index in [1.165, 1.54) is 0 Å². The summed E-state index contributed by atoms with van der Waals surface area (Å²) in [6.45, 7) is 6.12. The molecule has 1 heterocycles. The first-order valence-electron chi connectivity index (χ1n) is 5.82. The Morgan fingerprint density at radius 3 is 2.47 bits per heavy atom. The van der Waals surface area contributed by atoms with Crippen LogP contribution in [0, 0.1) is 5.92 Å². The number of hydrazine groups is 1. The molecule has 0 spiro atoms. The maximum atomic E-state index is 9.26. The molecule has 17 heavy (non-hydrogen) atoms. The molecule has 5 N–H and O–H groups in total. The molecule has 0 aliphatic rings. The molecule has 0 fully saturated rings. The van der Waals surface area contributed by atoms with Crippen LogP contribution in [0.15, 0.2) is 6.07 Å². The maximum Gasteiger partial charge on any atom is 0.145 e. The third kappa shape index (κ3) is 3.83. The summed E-state index contributed by atoms with van der Waals surface area (Å²) in [7, 11) is 0. The molecule has 1 unspecified atom stereocenters. The van der Waals surface area contributed by atoms with E-state index in [-0.39, 0.29) is 12.6 Å². The number of nitrogen functional groups attached to an aromatic ring is 1. The van der Waals surface area contributed by atoms with Crippen molar-refractivity contribution in [3.05, 3.63) is 11.9 Å². The molecule has 6 heteroatoms. The molecular formula is C11H21N5O. The quantitative estimate of drug-likeness (QED) is 0.432. The van der Waals surface area contributed by atoms with Crippen LogP contribution in [0.3, 0.4) is 0 Å². The fourth-order valence-electron chi connectivity index (χ4n) is 1.42. The average molecular weight is 239 g/mol. The lowest BCUT2D eigenvalue weighted by Gasteiger charge is -2.21. The largest absolute Gasteiger partial charge is 0.394 e. The van der Waals surface area contributed by atoms with Crippen LogP contribution in [0.2, 0.25) is 0 Å². The van der Waals surface area contributed by atoms with Crippen LogP contribution in [-0.2, 0) is 6.42 Å². The first-order valence-corrected chi connectivity index (χ1v) is 5.82. The summed E-state index contributed by atoms with van der Waals surface area (Å²) in [4.78, 5) is 8.54. The summed E-state index contributed by atoms with van der Waals surface area (Å²) >= 11 is 0. The Balaban J connectivity index is 2.89. The van der Waals surface area contributed by atoms with Crippen LogP contribution in [0.25, 0.3) is 0 Å². The smallest absolute Gasteiger partial charge is 0.145 e. The van der Waals surface area contributed by atoms with E-state index < -0.39 is 0 Å². The van der Waals surface area contributed by atoms with Crippen LogP contribution >= 0.6 is 0 Å². The van der Waals surface area contributed by atoms with Crippen molar-refractivity contribution < 1.29 is 5.11 Å². The van der Waals surface area contributed by atoms with Crippen molar-refractivity contribution in [1.82, 2.24) is 9.97 Å². The number of rotatable bonds is 6. The molecule has 0 radical (unpaired) electrons. The van der Waals surface area contributed by atoms with E-state index in [2.05, 4.69) is 20.7 Å². The van der Waals surface area contributed by atoms with E-state index in [4.69, 9.17) is 5.84 Å². The molecule has 1 aromatic heterocycles. The molecule has 0 bridgehead atoms. The molecule has 0 saturated carbocycles. The van der Waals surface area contributed by atoms with E-state index in [0.717, 1.165) is 6.42 Å². The summed E-state index contributed by atoms with van der Waals surface area (Å²) in [6.07, 6.45) is 0.732. The van der Waals surface area contributed by atoms with Crippen LogP contribution in [0.1, 0.15) is 26.6 Å². The molecular weight excluding hydrogens is 218 g/mol. The minimum atomic E-state index is -0.0276. The number of hydrogen-bond acceptors (Lipinski definition) is 6. The van der Waals surface area contributed by atoms with Gasteiger partial charge in [-0.3, -0.25) is 0 Å². The fourth-order valence-corrected chi connectivity index (χ4v) is 1.42. The zero-order valence-corrected chi connectivity index (χ0v) is 10.6. The number of aryl methyl sites for hydroxylation is 1. The fraction of sp³-hybridized carbons (Fsp3) is 0.636. The minimum absolute atomic E-state index is 0.0276. The number of anilines is 2. The monoisotopic (exact) mass is 239 g/mol. The van der Waals surface area contributed by atoms with Crippen LogP contribution in [0.4, 0.5) is 11.6 Å². The standard InChI is InChI=1S/C11H21N5O/c1-4-9-14-10(5-11(15-9)16-12)13-8(6-17)7(2)3/h5,7-8,17H,4,6,12H2,1-3H3,(H2,13,14,15,16). The highest BCUT2D eigenvalue weighted by Gasteiger charge is 2.13. The number of nitrogens with two attached hydrogens (primary N) is 1. The van der Waals surface area contributed by atoms with E-state index in [0.29, 0.717) is 23.4 Å². The van der Waals surface area contributed by atoms with Gasteiger partial charge in [0.15, 0.2) is 0 Å². The molecule has 0 amide bonds. The van der Waals surface area contributed by atoms with Crippen molar-refractivity contribution in [1.29, 1.82) is 0 Å². The van der Waals surface area contributed by atoms with Gasteiger partial charge in [-0.2, -0.15) is 0 Å². The predicted octanol–water partition coefficient (Wildman–Crippen LogP) is 0.753. The molecule has 6 nitrogen and oxygen atoms in total. The Hall–Kier alpha value is -1.40. The first kappa shape index (κ1) is 13.7. The number of aromatic nitrogens is 2. The second-order valence-corrected chi connectivity index (χ2v) is 4.23. The third-order valence-corrected chi connectivity index (χ3v) is 2.57. The molecule has 96 valence electrons. The molecule has 0 aliphatic carbocycles. The lowest BCUT2D eigenvalue weighted by Crippen LogP contribution is -2.30. The van der Waals surface area contributed by atoms with E-state index in [1.807, 2.05) is 20.8 Å². The summed E-state index contributed by atoms with van der Waals surface area (Å²) in [5, 5.41) is 12.4. The van der Waals surface area contributed by atoms with E-state index in [9.17, 15) is 5.11 Å². The SMILES string of the molecule is CCc1nc(NN)cc(NC(CO)C(C)C)n1. The molecule has 1 aromatic rings. The lowest BCUT2D eigenvalue weighted by molar-refractivity contribution is 0.249. The van der Waals surface area contributed by atoms with Gasteiger partial charge >= 0.3 is 0 Å². The Labute approximate surface area is 102 Å². The van der Waals surface area contributed by atoms with Crippen molar-refractivity contribution in [3.8, 4) is 0 Å². The number of nitrogens with one attached hydrogen (secondary N) is 2. The predicted molar refractivity (Wildman–Crippen MR) is 68.6 cm³/mol. The van der Waals surface area contributed by atoms with Crippen molar-refractivity contribution in [3.63, 3.8) is 0 Å². The summed E-state index contributed by atoms with van der Waals surface area (Å²) in [6, 6.07) is 1.70. The van der Waals surface area contributed by atoms with E-state index in [1.54, 1.807) is 6.07 Å². The third-order valence-electron chi connectivity index (χ3n) is 2.57. The lowest BCUT2D eigenvalue weighted by atomic mass is 10.1. The number of aliphatic hydroxyl groups excluding tert-OH is 1. The number of hydrogen-bond donors (Lipinski definition) is 4. The van der Waals surface area contributed by atoms with Gasteiger partial charge in [-0.25, -0.2) is 15.8 Å². The summed E-state index contributed by atoms with van der Waals surface area (Å²) in [5.74, 6) is 7.62. The van der Waals surface area contributed by atoms with Crippen molar-refractivity contribution in [2.45, 2.75) is 33.2 Å². The zero-order valence-electron chi connectivity index (χ0n) is 10.6. The highest BCUT2D eigenvalue weighted by atomic mass is 16.3. The van der Waals surface area contributed by atoms with Gasteiger partial charge in [0.05, 0.1) is 12.6 Å².